The topological polar surface area (TPSA) is 43.8 Å². The molecule has 86 valence electrons. The van der Waals surface area contributed by atoms with Gasteiger partial charge in [0.15, 0.2) is 0 Å². The van der Waals surface area contributed by atoms with Gasteiger partial charge >= 0.3 is 0 Å². The highest BCUT2D eigenvalue weighted by Gasteiger charge is 2.10. The quantitative estimate of drug-likeness (QED) is 0.912. The van der Waals surface area contributed by atoms with Crippen LogP contribution in [0.1, 0.15) is 13.8 Å². The largest absolute Gasteiger partial charge is 0.396 e. The van der Waals surface area contributed by atoms with Gasteiger partial charge in [-0.3, -0.25) is 4.68 Å². The first-order valence-corrected chi connectivity index (χ1v) is 6.39. The van der Waals surface area contributed by atoms with E-state index in [2.05, 4.69) is 18.9 Å². The number of aromatic nitrogens is 2. The predicted octanol–water partition coefficient (Wildman–Crippen LogP) is 3.50. The second-order valence-corrected chi connectivity index (χ2v) is 5.73. The molecule has 2 aromatic rings. The summed E-state index contributed by atoms with van der Waals surface area (Å²) in [6.45, 7) is 5.18. The van der Waals surface area contributed by atoms with Gasteiger partial charge in [-0.1, -0.05) is 25.4 Å². The fraction of sp³-hybridized carbons (Fsp3) is 0.364. The molecule has 2 N–H and O–H groups in total. The summed E-state index contributed by atoms with van der Waals surface area (Å²) >= 11 is 7.39. The maximum atomic E-state index is 5.94. The zero-order valence-corrected chi connectivity index (χ0v) is 10.8. The number of hydrogen-bond acceptors (Lipinski definition) is 3. The molecule has 0 saturated heterocycles. The molecule has 0 aliphatic carbocycles. The molecular weight excluding hydrogens is 242 g/mol. The smallest absolute Gasteiger partial charge is 0.116 e. The molecular formula is C11H14ClN3S. The lowest BCUT2D eigenvalue weighted by atomic mass is 10.2. The molecule has 2 rings (SSSR count). The summed E-state index contributed by atoms with van der Waals surface area (Å²) in [5, 5.41) is 6.45. The summed E-state index contributed by atoms with van der Waals surface area (Å²) in [5.41, 5.74) is 8.46. The third-order valence-electron chi connectivity index (χ3n) is 2.18. The van der Waals surface area contributed by atoms with E-state index < -0.39 is 0 Å². The molecule has 0 aliphatic heterocycles. The van der Waals surface area contributed by atoms with Crippen LogP contribution in [0.25, 0.3) is 11.3 Å². The third kappa shape index (κ3) is 2.39. The van der Waals surface area contributed by atoms with Gasteiger partial charge in [0.05, 0.1) is 10.0 Å². The highest BCUT2D eigenvalue weighted by Crippen LogP contribution is 2.31. The molecule has 5 heteroatoms. The summed E-state index contributed by atoms with van der Waals surface area (Å²) in [6.07, 6.45) is 1.88. The molecule has 16 heavy (non-hydrogen) atoms. The fourth-order valence-electron chi connectivity index (χ4n) is 1.56. The monoisotopic (exact) mass is 255 g/mol. The Morgan fingerprint density at radius 1 is 1.56 bits per heavy atom. The number of nitrogens with two attached hydrogens (primary N) is 1. The summed E-state index contributed by atoms with van der Waals surface area (Å²) in [4.78, 5) is 0. The second kappa shape index (κ2) is 4.47. The van der Waals surface area contributed by atoms with Gasteiger partial charge in [-0.05, 0) is 12.0 Å². The van der Waals surface area contributed by atoms with Crippen LogP contribution < -0.4 is 5.73 Å². The third-order valence-corrected chi connectivity index (χ3v) is 3.27. The Balaban J connectivity index is 2.31. The molecule has 2 aromatic heterocycles. The van der Waals surface area contributed by atoms with Crippen LogP contribution in [0.2, 0.25) is 4.34 Å². The average molecular weight is 256 g/mol. The van der Waals surface area contributed by atoms with E-state index in [9.17, 15) is 0 Å². The van der Waals surface area contributed by atoms with E-state index in [4.69, 9.17) is 17.3 Å². The van der Waals surface area contributed by atoms with Gasteiger partial charge in [-0.25, -0.2) is 0 Å². The van der Waals surface area contributed by atoms with E-state index in [1.54, 1.807) is 0 Å². The van der Waals surface area contributed by atoms with E-state index >= 15 is 0 Å². The number of anilines is 1. The lowest BCUT2D eigenvalue weighted by Crippen LogP contribution is -2.04. The van der Waals surface area contributed by atoms with Gasteiger partial charge in [-0.2, -0.15) is 5.10 Å². The van der Waals surface area contributed by atoms with Crippen molar-refractivity contribution in [2.45, 2.75) is 20.4 Å². The van der Waals surface area contributed by atoms with E-state index in [0.717, 1.165) is 22.1 Å². The normalized spacial score (nSPS) is 11.2. The van der Waals surface area contributed by atoms with E-state index in [0.29, 0.717) is 11.6 Å². The molecule has 0 fully saturated rings. The van der Waals surface area contributed by atoms with Crippen molar-refractivity contribution < 1.29 is 0 Å². The van der Waals surface area contributed by atoms with Crippen molar-refractivity contribution in [1.29, 1.82) is 0 Å². The first-order valence-electron chi connectivity index (χ1n) is 5.13. The number of rotatable bonds is 3. The first kappa shape index (κ1) is 11.5. The molecule has 0 spiro atoms. The van der Waals surface area contributed by atoms with E-state index in [1.165, 1.54) is 11.3 Å². The molecule has 0 radical (unpaired) electrons. The molecule has 0 atom stereocenters. The van der Waals surface area contributed by atoms with Crippen LogP contribution in [0.4, 0.5) is 5.69 Å². The number of halogens is 1. The van der Waals surface area contributed by atoms with Crippen LogP contribution in [0.15, 0.2) is 17.6 Å². The van der Waals surface area contributed by atoms with Crippen molar-refractivity contribution in [2.75, 3.05) is 5.73 Å². The number of nitrogen functional groups attached to an aromatic ring is 1. The zero-order valence-electron chi connectivity index (χ0n) is 9.27. The van der Waals surface area contributed by atoms with Crippen LogP contribution in [-0.4, -0.2) is 9.78 Å². The average Bonchev–Trinajstić information content (AvgIpc) is 2.72. The van der Waals surface area contributed by atoms with Gasteiger partial charge < -0.3 is 5.73 Å². The number of hydrogen-bond donors (Lipinski definition) is 1. The van der Waals surface area contributed by atoms with Gasteiger partial charge in [0.1, 0.15) is 5.69 Å². The Morgan fingerprint density at radius 3 is 2.88 bits per heavy atom. The number of nitrogens with zero attached hydrogens (tertiary/aromatic N) is 2. The van der Waals surface area contributed by atoms with Crippen molar-refractivity contribution in [3.63, 3.8) is 0 Å². The summed E-state index contributed by atoms with van der Waals surface area (Å²) in [6, 6.07) is 1.89. The Morgan fingerprint density at radius 2 is 2.31 bits per heavy atom. The van der Waals surface area contributed by atoms with Crippen LogP contribution in [0, 0.1) is 5.92 Å². The fourth-order valence-corrected chi connectivity index (χ4v) is 2.43. The van der Waals surface area contributed by atoms with Gasteiger partial charge in [0, 0.05) is 23.7 Å². The maximum absolute atomic E-state index is 5.94. The molecule has 0 amide bonds. The minimum Gasteiger partial charge on any atom is -0.396 e. The Bertz CT molecular complexity index is 487. The lowest BCUT2D eigenvalue weighted by Gasteiger charge is -2.03. The van der Waals surface area contributed by atoms with Crippen LogP contribution in [0.5, 0.6) is 0 Å². The SMILES string of the molecule is CC(C)Cn1cc(N)c(-c2csc(Cl)c2)n1. The molecule has 0 saturated carbocycles. The molecule has 2 heterocycles. The van der Waals surface area contributed by atoms with Gasteiger partial charge in [0.2, 0.25) is 0 Å². The highest BCUT2D eigenvalue weighted by atomic mass is 35.5. The molecule has 0 bridgehead atoms. The Kier molecular flexibility index (Phi) is 3.21. The Hall–Kier alpha value is -1.00. The lowest BCUT2D eigenvalue weighted by molar-refractivity contribution is 0.484. The maximum Gasteiger partial charge on any atom is 0.116 e. The predicted molar refractivity (Wildman–Crippen MR) is 69.8 cm³/mol. The van der Waals surface area contributed by atoms with Crippen molar-refractivity contribution in [1.82, 2.24) is 9.78 Å². The summed E-state index contributed by atoms with van der Waals surface area (Å²) < 4.78 is 2.65. The van der Waals surface area contributed by atoms with Crippen molar-refractivity contribution >= 4 is 28.6 Å². The summed E-state index contributed by atoms with van der Waals surface area (Å²) in [5.74, 6) is 0.554. The van der Waals surface area contributed by atoms with E-state index in [-0.39, 0.29) is 0 Å². The van der Waals surface area contributed by atoms with Crippen molar-refractivity contribution in [3.8, 4) is 11.3 Å². The van der Waals surface area contributed by atoms with Crippen molar-refractivity contribution in [2.24, 2.45) is 5.92 Å². The summed E-state index contributed by atoms with van der Waals surface area (Å²) in [7, 11) is 0. The second-order valence-electron chi connectivity index (χ2n) is 4.19. The van der Waals surface area contributed by atoms with Crippen LogP contribution in [0.3, 0.4) is 0 Å². The van der Waals surface area contributed by atoms with E-state index in [1.807, 2.05) is 22.3 Å². The minimum atomic E-state index is 0.554. The van der Waals surface area contributed by atoms with Crippen LogP contribution >= 0.6 is 22.9 Å². The molecule has 3 nitrogen and oxygen atoms in total. The molecule has 0 unspecified atom stereocenters. The highest BCUT2D eigenvalue weighted by molar-refractivity contribution is 7.14. The standard InChI is InChI=1S/C11H14ClN3S/c1-7(2)4-15-5-9(13)11(14-15)8-3-10(12)16-6-8/h3,5-7H,4,13H2,1-2H3. The molecule has 0 aliphatic rings. The molecule has 0 aromatic carbocycles. The van der Waals surface area contributed by atoms with Gasteiger partial charge in [-0.15, -0.1) is 11.3 Å². The minimum absolute atomic E-state index is 0.554. The van der Waals surface area contributed by atoms with Crippen LogP contribution in [-0.2, 0) is 6.54 Å². The van der Waals surface area contributed by atoms with Crippen molar-refractivity contribution in [3.05, 3.63) is 22.0 Å². The first-order chi connectivity index (χ1) is 7.56. The zero-order chi connectivity index (χ0) is 11.7. The number of thiophene rings is 1. The van der Waals surface area contributed by atoms with Gasteiger partial charge in [0.25, 0.3) is 0 Å². The Labute approximate surface area is 104 Å².